The number of alkyl carbamates (subject to hydrolysis) is 1. The van der Waals surface area contributed by atoms with Crippen LogP contribution in [0, 0.1) is 11.8 Å². The summed E-state index contributed by atoms with van der Waals surface area (Å²) in [5, 5.41) is 4.89. The van der Waals surface area contributed by atoms with Crippen molar-refractivity contribution in [2.75, 3.05) is 13.7 Å². The first-order valence-corrected chi connectivity index (χ1v) is 18.7. The van der Waals surface area contributed by atoms with Gasteiger partial charge in [-0.2, -0.15) is 0 Å². The predicted molar refractivity (Wildman–Crippen MR) is 202 cm³/mol. The fourth-order valence-corrected chi connectivity index (χ4v) is 8.23. The highest BCUT2D eigenvalue weighted by Gasteiger charge is 2.49. The van der Waals surface area contributed by atoms with Gasteiger partial charge in [-0.15, -0.1) is 0 Å². The molecule has 0 radical (unpaired) electrons. The Kier molecular flexibility index (Phi) is 10.0. The van der Waals surface area contributed by atoms with Crippen molar-refractivity contribution in [3.05, 3.63) is 72.4 Å². The Morgan fingerprint density at radius 1 is 0.981 bits per heavy atom. The van der Waals surface area contributed by atoms with E-state index in [0.717, 1.165) is 82.1 Å². The van der Waals surface area contributed by atoms with Gasteiger partial charge < -0.3 is 29.8 Å². The number of nitrogens with zero attached hydrogens (tertiary/aromatic N) is 4. The molecule has 52 heavy (non-hydrogen) atoms. The molecular weight excluding hydrogens is 654 g/mol. The molecule has 1 aliphatic carbocycles. The minimum absolute atomic E-state index is 0.0364. The highest BCUT2D eigenvalue weighted by Crippen LogP contribution is 2.50. The third-order valence-electron chi connectivity index (χ3n) is 10.8. The number of ether oxygens (including phenoxy) is 1. The standard InChI is InChI=1S/C41H49N7O4/c1-6-8-35(49)48-30-16-13-29(21-30)38(48)39-44-32-18-15-28-20-27(14-17-31(28)37(32)45-39)25-9-11-26(12-10-25)33-22-42-34(43-33)23-47(19-7-2)40(50)36(24(3)4)46-41(51)52-5/h9-12,14-15,17-18,20,22,24,29-30,36,38H,6-8,13,16,19,21,23H2,1-5H3,(H,42,43)(H,44,45)(H,46,51)/t29-,30+,36?,38-/m0/s1. The molecule has 2 aromatic heterocycles. The number of nitrogens with one attached hydrogen (secondary N) is 3. The average Bonchev–Trinajstić information content (AvgIpc) is 3.97. The summed E-state index contributed by atoms with van der Waals surface area (Å²) in [5.41, 5.74) is 6.01. The maximum atomic E-state index is 13.5. The molecule has 7 rings (SSSR count). The number of rotatable bonds is 12. The van der Waals surface area contributed by atoms with E-state index in [9.17, 15) is 14.4 Å². The van der Waals surface area contributed by atoms with E-state index in [-0.39, 0.29) is 23.8 Å². The highest BCUT2D eigenvalue weighted by atomic mass is 16.5. The van der Waals surface area contributed by atoms with Crippen LogP contribution in [0.4, 0.5) is 4.79 Å². The van der Waals surface area contributed by atoms with Crippen molar-refractivity contribution < 1.29 is 19.1 Å². The lowest BCUT2D eigenvalue weighted by Gasteiger charge is -2.34. The van der Waals surface area contributed by atoms with Crippen molar-refractivity contribution in [2.45, 2.75) is 90.9 Å². The predicted octanol–water partition coefficient (Wildman–Crippen LogP) is 7.74. The minimum Gasteiger partial charge on any atom is -0.453 e. The van der Waals surface area contributed by atoms with Crippen molar-refractivity contribution in [2.24, 2.45) is 11.8 Å². The number of H-pyrrole nitrogens is 2. The molecule has 3 aromatic carbocycles. The van der Waals surface area contributed by atoms with Gasteiger partial charge >= 0.3 is 6.09 Å². The van der Waals surface area contributed by atoms with E-state index in [1.807, 2.05) is 20.8 Å². The Morgan fingerprint density at radius 3 is 2.48 bits per heavy atom. The number of fused-ring (bicyclic) bond motifs is 5. The lowest BCUT2D eigenvalue weighted by atomic mass is 9.97. The van der Waals surface area contributed by atoms with Crippen LogP contribution in [0.5, 0.6) is 0 Å². The second-order valence-electron chi connectivity index (χ2n) is 14.7. The zero-order valence-electron chi connectivity index (χ0n) is 30.7. The van der Waals surface area contributed by atoms with Gasteiger partial charge in [-0.1, -0.05) is 70.2 Å². The zero-order chi connectivity index (χ0) is 36.5. The molecular formula is C41H49N7O4. The molecule has 1 saturated carbocycles. The van der Waals surface area contributed by atoms with Crippen molar-refractivity contribution in [1.29, 1.82) is 0 Å². The zero-order valence-corrected chi connectivity index (χ0v) is 30.7. The van der Waals surface area contributed by atoms with E-state index < -0.39 is 12.1 Å². The van der Waals surface area contributed by atoms with Crippen LogP contribution in [-0.2, 0) is 20.9 Å². The van der Waals surface area contributed by atoms with E-state index in [1.165, 1.54) is 7.11 Å². The normalized spacial score (nSPS) is 18.7. The number of aromatic amines is 2. The van der Waals surface area contributed by atoms with Gasteiger partial charge in [-0.05, 0) is 78.1 Å². The molecule has 11 heteroatoms. The number of likely N-dealkylation sites (tertiary alicyclic amines) is 1. The highest BCUT2D eigenvalue weighted by molar-refractivity contribution is 6.05. The quantitative estimate of drug-likeness (QED) is 0.122. The second kappa shape index (κ2) is 14.8. The fourth-order valence-electron chi connectivity index (χ4n) is 8.23. The molecule has 272 valence electrons. The largest absolute Gasteiger partial charge is 0.453 e. The number of aromatic nitrogens is 4. The third kappa shape index (κ3) is 6.76. The molecule has 1 aliphatic heterocycles. The van der Waals surface area contributed by atoms with E-state index >= 15 is 0 Å². The molecule has 3 heterocycles. The van der Waals surface area contributed by atoms with Gasteiger partial charge in [0.05, 0.1) is 42.6 Å². The van der Waals surface area contributed by atoms with Crippen LogP contribution in [0.1, 0.15) is 83.9 Å². The molecule has 2 fully saturated rings. The van der Waals surface area contributed by atoms with Crippen molar-refractivity contribution in [1.82, 2.24) is 35.1 Å². The van der Waals surface area contributed by atoms with Crippen LogP contribution < -0.4 is 5.32 Å². The summed E-state index contributed by atoms with van der Waals surface area (Å²) in [6.45, 7) is 8.72. The number of piperidine rings is 1. The molecule has 1 unspecified atom stereocenters. The monoisotopic (exact) mass is 703 g/mol. The molecule has 4 atom stereocenters. The molecule has 3 amide bonds. The number of methoxy groups -OCH3 is 1. The first-order valence-electron chi connectivity index (χ1n) is 18.7. The first kappa shape index (κ1) is 35.2. The van der Waals surface area contributed by atoms with Crippen molar-refractivity contribution in [3.63, 3.8) is 0 Å². The van der Waals surface area contributed by atoms with Gasteiger partial charge in [0.2, 0.25) is 11.8 Å². The van der Waals surface area contributed by atoms with Crippen LogP contribution in [0.15, 0.2) is 60.8 Å². The summed E-state index contributed by atoms with van der Waals surface area (Å²) in [6, 6.07) is 18.8. The molecule has 2 aliphatic rings. The number of hydrogen-bond acceptors (Lipinski definition) is 6. The summed E-state index contributed by atoms with van der Waals surface area (Å²) in [6.07, 6.45) is 6.73. The average molecular weight is 704 g/mol. The number of amides is 3. The van der Waals surface area contributed by atoms with Crippen molar-refractivity contribution >= 4 is 39.7 Å². The maximum Gasteiger partial charge on any atom is 0.407 e. The van der Waals surface area contributed by atoms with Crippen LogP contribution in [0.25, 0.3) is 44.2 Å². The van der Waals surface area contributed by atoms with Crippen LogP contribution in [-0.4, -0.2) is 73.4 Å². The number of benzene rings is 3. The van der Waals surface area contributed by atoms with Crippen molar-refractivity contribution in [3.8, 4) is 22.4 Å². The number of hydrogen-bond donors (Lipinski definition) is 3. The SMILES string of the molecule is CCCC(=O)N1[C@@H]2CC[C@@H](C2)[C@H]1c1nc2c(ccc3cc(-c4ccc(-c5cnc(CN(CCC)C(=O)C(NC(=O)OC)C(C)C)[nH]5)cc4)ccc32)[nH]1. The van der Waals surface area contributed by atoms with Gasteiger partial charge in [0.15, 0.2) is 0 Å². The van der Waals surface area contributed by atoms with Gasteiger partial charge in [-0.3, -0.25) is 9.59 Å². The summed E-state index contributed by atoms with van der Waals surface area (Å²) in [7, 11) is 1.29. The topological polar surface area (TPSA) is 136 Å². The smallest absolute Gasteiger partial charge is 0.407 e. The third-order valence-corrected chi connectivity index (χ3v) is 10.8. The Bertz CT molecular complexity index is 2080. The van der Waals surface area contributed by atoms with E-state index in [1.54, 1.807) is 11.1 Å². The van der Waals surface area contributed by atoms with E-state index in [2.05, 4.69) is 86.7 Å². The Morgan fingerprint density at radius 2 is 1.75 bits per heavy atom. The fraction of sp³-hybridized carbons (Fsp3) is 0.439. The summed E-state index contributed by atoms with van der Waals surface area (Å²) in [5.74, 6) is 2.04. The lowest BCUT2D eigenvalue weighted by molar-refractivity contribution is -0.136. The summed E-state index contributed by atoms with van der Waals surface area (Å²) >= 11 is 0. The lowest BCUT2D eigenvalue weighted by Crippen LogP contribution is -2.51. The molecule has 11 nitrogen and oxygen atoms in total. The molecule has 2 bridgehead atoms. The Hall–Kier alpha value is -5.19. The van der Waals surface area contributed by atoms with Gasteiger partial charge in [0.25, 0.3) is 0 Å². The molecule has 5 aromatic rings. The maximum absolute atomic E-state index is 13.5. The first-order chi connectivity index (χ1) is 25.2. The molecule has 3 N–H and O–H groups in total. The number of carbonyl (C=O) groups is 3. The van der Waals surface area contributed by atoms with Crippen LogP contribution in [0.2, 0.25) is 0 Å². The van der Waals surface area contributed by atoms with Crippen LogP contribution >= 0.6 is 0 Å². The summed E-state index contributed by atoms with van der Waals surface area (Å²) < 4.78 is 4.75. The van der Waals surface area contributed by atoms with Crippen LogP contribution in [0.3, 0.4) is 0 Å². The van der Waals surface area contributed by atoms with Gasteiger partial charge in [0, 0.05) is 24.4 Å². The second-order valence-corrected chi connectivity index (χ2v) is 14.7. The Balaban J connectivity index is 1.07. The molecule has 1 saturated heterocycles. The van der Waals surface area contributed by atoms with E-state index in [4.69, 9.17) is 9.72 Å². The van der Waals surface area contributed by atoms with E-state index in [0.29, 0.717) is 37.3 Å². The van der Waals surface area contributed by atoms with Gasteiger partial charge in [0.1, 0.15) is 17.7 Å². The van der Waals surface area contributed by atoms with Gasteiger partial charge in [-0.25, -0.2) is 14.8 Å². The molecule has 0 spiro atoms. The summed E-state index contributed by atoms with van der Waals surface area (Å²) in [4.78, 5) is 59.1. The Labute approximate surface area is 304 Å². The minimum atomic E-state index is -0.695. The number of carbonyl (C=O) groups excluding carboxylic acids is 3. The number of imidazole rings is 2.